The fourth-order valence-corrected chi connectivity index (χ4v) is 4.04. The first kappa shape index (κ1) is 15.7. The number of carbonyl (C=O) groups excluding carboxylic acids is 2. The van der Waals surface area contributed by atoms with Crippen molar-refractivity contribution in [2.45, 2.75) is 4.90 Å². The quantitative estimate of drug-likeness (QED) is 0.587. The summed E-state index contributed by atoms with van der Waals surface area (Å²) in [5.41, 5.74) is 2.40. The van der Waals surface area contributed by atoms with Crippen LogP contribution in [0.2, 0.25) is 0 Å². The van der Waals surface area contributed by atoms with E-state index in [2.05, 4.69) is 17.0 Å². The normalized spacial score (nSPS) is 17.6. The Morgan fingerprint density at radius 1 is 0.840 bits per heavy atom. The Hall–Kier alpha value is -2.85. The summed E-state index contributed by atoms with van der Waals surface area (Å²) in [5, 5.41) is 1.10. The van der Waals surface area contributed by atoms with Crippen molar-refractivity contribution in [3.8, 4) is 0 Å². The van der Waals surface area contributed by atoms with Crippen LogP contribution in [0.15, 0.2) is 88.3 Å². The minimum absolute atomic E-state index is 0.197. The zero-order valence-corrected chi connectivity index (χ0v) is 14.4. The van der Waals surface area contributed by atoms with Gasteiger partial charge in [0.15, 0.2) is 11.6 Å². The highest BCUT2D eigenvalue weighted by molar-refractivity contribution is 8.03. The largest absolute Gasteiger partial charge is 0.338 e. The van der Waals surface area contributed by atoms with Gasteiger partial charge in [-0.25, -0.2) is 0 Å². The zero-order chi connectivity index (χ0) is 17.4. The molecule has 0 saturated carbocycles. The third-order valence-corrected chi connectivity index (χ3v) is 5.47. The molecule has 2 aliphatic rings. The van der Waals surface area contributed by atoms with Crippen molar-refractivity contribution in [2.24, 2.45) is 0 Å². The molecule has 0 spiro atoms. The van der Waals surface area contributed by atoms with Crippen molar-refractivity contribution in [2.75, 3.05) is 11.9 Å². The number of Topliss-reactive ketones (excluding diaryl/α,β-unsaturated/α-hetero) is 2. The van der Waals surface area contributed by atoms with Gasteiger partial charge in [0.25, 0.3) is 0 Å². The lowest BCUT2D eigenvalue weighted by atomic mass is 10.1. The smallest absolute Gasteiger partial charge is 0.197 e. The standard InChI is InChI=1S/C21H15NO2S/c1-22-17-11-5-6-12-18(17)25-19(22)13-7-4-10-16-20(23)14-8-2-3-9-15(14)21(16)24/h2-13H,1H3/b7-4+,19-13+. The summed E-state index contributed by atoms with van der Waals surface area (Å²) in [4.78, 5) is 28.0. The van der Waals surface area contributed by atoms with Crippen molar-refractivity contribution in [1.82, 2.24) is 0 Å². The second kappa shape index (κ2) is 6.22. The van der Waals surface area contributed by atoms with Crippen molar-refractivity contribution >= 4 is 29.0 Å². The molecule has 4 rings (SSSR count). The second-order valence-corrected chi connectivity index (χ2v) is 6.87. The lowest BCUT2D eigenvalue weighted by Crippen LogP contribution is -2.08. The van der Waals surface area contributed by atoms with Gasteiger partial charge in [0.05, 0.1) is 16.3 Å². The Kier molecular flexibility index (Phi) is 3.90. The van der Waals surface area contributed by atoms with Crippen LogP contribution in [0.4, 0.5) is 5.69 Å². The van der Waals surface area contributed by atoms with Crippen LogP contribution in [0.5, 0.6) is 0 Å². The fourth-order valence-electron chi connectivity index (χ4n) is 2.98. The summed E-state index contributed by atoms with van der Waals surface area (Å²) in [5.74, 6) is -0.393. The minimum atomic E-state index is -0.197. The van der Waals surface area contributed by atoms with E-state index >= 15 is 0 Å². The molecule has 0 atom stereocenters. The molecule has 0 fully saturated rings. The predicted molar refractivity (Wildman–Crippen MR) is 101 cm³/mol. The molecule has 0 saturated heterocycles. The first-order valence-electron chi connectivity index (χ1n) is 7.94. The molecule has 0 N–H and O–H groups in total. The number of hydrogen-bond donors (Lipinski definition) is 0. The number of fused-ring (bicyclic) bond motifs is 2. The highest BCUT2D eigenvalue weighted by Gasteiger charge is 2.31. The molecule has 25 heavy (non-hydrogen) atoms. The molecule has 4 heteroatoms. The average Bonchev–Trinajstić information content (AvgIpc) is 3.08. The maximum absolute atomic E-state index is 12.3. The van der Waals surface area contributed by atoms with Crippen LogP contribution in [-0.2, 0) is 0 Å². The van der Waals surface area contributed by atoms with Gasteiger partial charge in [0.1, 0.15) is 0 Å². The maximum Gasteiger partial charge on any atom is 0.197 e. The molecule has 122 valence electrons. The summed E-state index contributed by atoms with van der Waals surface area (Å²) in [7, 11) is 2.03. The van der Waals surface area contributed by atoms with E-state index in [1.54, 1.807) is 48.2 Å². The van der Waals surface area contributed by atoms with Crippen molar-refractivity contribution in [1.29, 1.82) is 0 Å². The van der Waals surface area contributed by atoms with Crippen LogP contribution in [0.1, 0.15) is 20.7 Å². The summed E-state index contributed by atoms with van der Waals surface area (Å²) >= 11 is 1.70. The van der Waals surface area contributed by atoms with E-state index in [0.29, 0.717) is 11.1 Å². The Balaban J connectivity index is 1.54. The van der Waals surface area contributed by atoms with Crippen LogP contribution >= 0.6 is 11.8 Å². The fraction of sp³-hybridized carbons (Fsp3) is 0.0476. The van der Waals surface area contributed by atoms with Gasteiger partial charge < -0.3 is 4.90 Å². The monoisotopic (exact) mass is 345 g/mol. The Bertz CT molecular complexity index is 948. The van der Waals surface area contributed by atoms with Gasteiger partial charge in [0, 0.05) is 23.1 Å². The van der Waals surface area contributed by atoms with Gasteiger partial charge in [-0.15, -0.1) is 0 Å². The average molecular weight is 345 g/mol. The lowest BCUT2D eigenvalue weighted by Gasteiger charge is -2.12. The van der Waals surface area contributed by atoms with E-state index in [-0.39, 0.29) is 17.1 Å². The van der Waals surface area contributed by atoms with Gasteiger partial charge in [-0.05, 0) is 24.3 Å². The van der Waals surface area contributed by atoms with Gasteiger partial charge >= 0.3 is 0 Å². The third kappa shape index (κ3) is 2.65. The molecule has 3 nitrogen and oxygen atoms in total. The van der Waals surface area contributed by atoms with E-state index in [9.17, 15) is 9.59 Å². The highest BCUT2D eigenvalue weighted by atomic mass is 32.2. The summed E-state index contributed by atoms with van der Waals surface area (Å²) < 4.78 is 0. The molecular formula is C21H15NO2S. The molecule has 2 aromatic carbocycles. The van der Waals surface area contributed by atoms with Gasteiger partial charge in [-0.1, -0.05) is 60.3 Å². The van der Waals surface area contributed by atoms with E-state index in [4.69, 9.17) is 0 Å². The molecule has 0 amide bonds. The lowest BCUT2D eigenvalue weighted by molar-refractivity contribution is 0.0989. The Morgan fingerprint density at radius 2 is 1.44 bits per heavy atom. The molecular weight excluding hydrogens is 330 g/mol. The molecule has 0 bridgehead atoms. The summed E-state index contributed by atoms with van der Waals surface area (Å²) in [6.07, 6.45) is 7.20. The molecule has 0 aromatic heterocycles. The van der Waals surface area contributed by atoms with Crippen LogP contribution < -0.4 is 4.90 Å². The SMILES string of the molecule is CN1/C(=C\C=C\C=C2C(=O)c3ccccc3C2=O)Sc2ccccc21. The van der Waals surface area contributed by atoms with E-state index in [1.807, 2.05) is 31.3 Å². The van der Waals surface area contributed by atoms with Crippen molar-refractivity contribution < 1.29 is 9.59 Å². The number of carbonyl (C=O) groups is 2. The van der Waals surface area contributed by atoms with Gasteiger partial charge in [0.2, 0.25) is 0 Å². The molecule has 0 radical (unpaired) electrons. The number of rotatable bonds is 2. The van der Waals surface area contributed by atoms with Crippen LogP contribution in [0, 0.1) is 0 Å². The summed E-state index contributed by atoms with van der Waals surface area (Å²) in [6, 6.07) is 15.2. The molecule has 1 aliphatic carbocycles. The highest BCUT2D eigenvalue weighted by Crippen LogP contribution is 2.44. The van der Waals surface area contributed by atoms with Crippen molar-refractivity contribution in [3.63, 3.8) is 0 Å². The second-order valence-electron chi connectivity index (χ2n) is 5.80. The Labute approximate surface area is 150 Å². The zero-order valence-electron chi connectivity index (χ0n) is 13.6. The van der Waals surface area contributed by atoms with Crippen LogP contribution in [-0.4, -0.2) is 18.6 Å². The number of thioether (sulfide) groups is 1. The third-order valence-electron chi connectivity index (χ3n) is 4.29. The van der Waals surface area contributed by atoms with E-state index < -0.39 is 0 Å². The predicted octanol–water partition coefficient (Wildman–Crippen LogP) is 4.63. The maximum atomic E-state index is 12.3. The number of para-hydroxylation sites is 1. The van der Waals surface area contributed by atoms with Crippen LogP contribution in [0.25, 0.3) is 0 Å². The molecule has 1 heterocycles. The van der Waals surface area contributed by atoms with Crippen LogP contribution in [0.3, 0.4) is 0 Å². The minimum Gasteiger partial charge on any atom is -0.338 e. The molecule has 1 aliphatic heterocycles. The summed E-state index contributed by atoms with van der Waals surface area (Å²) in [6.45, 7) is 0. The number of hydrogen-bond acceptors (Lipinski definition) is 4. The number of benzene rings is 2. The molecule has 0 unspecified atom stereocenters. The Morgan fingerprint density at radius 3 is 2.12 bits per heavy atom. The topological polar surface area (TPSA) is 37.4 Å². The number of nitrogens with zero attached hydrogens (tertiary/aromatic N) is 1. The number of allylic oxidation sites excluding steroid dienone is 5. The first-order valence-corrected chi connectivity index (χ1v) is 8.76. The van der Waals surface area contributed by atoms with E-state index in [0.717, 1.165) is 5.03 Å². The van der Waals surface area contributed by atoms with Crippen molar-refractivity contribution in [3.05, 3.63) is 94.6 Å². The van der Waals surface area contributed by atoms with Gasteiger partial charge in [-0.2, -0.15) is 0 Å². The van der Waals surface area contributed by atoms with E-state index in [1.165, 1.54) is 10.6 Å². The molecule has 2 aromatic rings. The first-order chi connectivity index (χ1) is 12.2. The number of ketones is 2. The van der Waals surface area contributed by atoms with Gasteiger partial charge in [-0.3, -0.25) is 9.59 Å². The number of anilines is 1.